The minimum absolute atomic E-state index is 0.911. The SMILES string of the molecule is CC.CCCCCC(CCC)CCC(C)CCC(CCCCC)CCSC(CC)CCC. The molecule has 0 saturated heterocycles. The summed E-state index contributed by atoms with van der Waals surface area (Å²) < 4.78 is 0. The van der Waals surface area contributed by atoms with Crippen LogP contribution in [0.3, 0.4) is 0 Å². The summed E-state index contributed by atoms with van der Waals surface area (Å²) in [6.07, 6.45) is 25.8. The molecule has 0 amide bonds. The van der Waals surface area contributed by atoms with E-state index in [1.165, 1.54) is 121 Å². The summed E-state index contributed by atoms with van der Waals surface area (Å²) in [5, 5.41) is 0.911. The molecule has 0 aliphatic rings. The minimum Gasteiger partial charge on any atom is -0.159 e. The molecule has 0 fully saturated rings. The molecule has 32 heavy (non-hydrogen) atoms. The summed E-state index contributed by atoms with van der Waals surface area (Å²) in [5.41, 5.74) is 0. The average Bonchev–Trinajstić information content (AvgIpc) is 2.81. The van der Waals surface area contributed by atoms with Crippen molar-refractivity contribution in [3.63, 3.8) is 0 Å². The van der Waals surface area contributed by atoms with Gasteiger partial charge in [-0.05, 0) is 42.8 Å². The van der Waals surface area contributed by atoms with Gasteiger partial charge in [0.1, 0.15) is 0 Å². The van der Waals surface area contributed by atoms with Gasteiger partial charge in [-0.1, -0.05) is 152 Å². The van der Waals surface area contributed by atoms with E-state index in [0.717, 1.165) is 23.0 Å². The van der Waals surface area contributed by atoms with Crippen LogP contribution in [-0.4, -0.2) is 11.0 Å². The van der Waals surface area contributed by atoms with Gasteiger partial charge in [0.25, 0.3) is 0 Å². The van der Waals surface area contributed by atoms with Crippen molar-refractivity contribution in [2.45, 2.75) is 176 Å². The molecule has 196 valence electrons. The van der Waals surface area contributed by atoms with E-state index in [4.69, 9.17) is 0 Å². The highest BCUT2D eigenvalue weighted by Gasteiger charge is 2.15. The van der Waals surface area contributed by atoms with E-state index >= 15 is 0 Å². The van der Waals surface area contributed by atoms with Crippen LogP contribution in [0.4, 0.5) is 0 Å². The first kappa shape index (κ1) is 34.5. The smallest absolute Gasteiger partial charge is 0.00443 e. The van der Waals surface area contributed by atoms with Crippen LogP contribution in [0.2, 0.25) is 0 Å². The van der Waals surface area contributed by atoms with Gasteiger partial charge in [0, 0.05) is 5.25 Å². The second-order valence-electron chi connectivity index (χ2n) is 10.3. The van der Waals surface area contributed by atoms with Crippen LogP contribution in [0.25, 0.3) is 0 Å². The third kappa shape index (κ3) is 22.2. The fraction of sp³-hybridized carbons (Fsp3) is 1.00. The fourth-order valence-electron chi connectivity index (χ4n) is 4.95. The lowest BCUT2D eigenvalue weighted by molar-refractivity contribution is 0.321. The predicted octanol–water partition coefficient (Wildman–Crippen LogP) is 12.1. The first-order valence-corrected chi connectivity index (χ1v) is 16.3. The van der Waals surface area contributed by atoms with Crippen LogP contribution in [-0.2, 0) is 0 Å². The number of rotatable bonds is 23. The Morgan fingerprint density at radius 1 is 0.500 bits per heavy atom. The first-order chi connectivity index (χ1) is 15.6. The Hall–Kier alpha value is 0.350. The third-order valence-electron chi connectivity index (χ3n) is 7.21. The normalized spacial score (nSPS) is 15.0. The highest BCUT2D eigenvalue weighted by molar-refractivity contribution is 7.99. The van der Waals surface area contributed by atoms with Gasteiger partial charge in [-0.15, -0.1) is 0 Å². The molecular formula is C31H66S. The first-order valence-electron chi connectivity index (χ1n) is 15.2. The third-order valence-corrected chi connectivity index (χ3v) is 8.72. The standard InChI is InChI=1S/C29H60S.C2H6/c1-7-12-14-18-27(16-9-3)22-20-26(6)21-23-28(19-15-13-8-2)24-25-30-29(11-5)17-10-4;1-2/h26-29H,7-25H2,1-6H3;1-2H3. The Labute approximate surface area is 211 Å². The summed E-state index contributed by atoms with van der Waals surface area (Å²) in [5.74, 6) is 4.33. The second kappa shape index (κ2) is 27.6. The number of thioether (sulfide) groups is 1. The van der Waals surface area contributed by atoms with Crippen molar-refractivity contribution in [3.8, 4) is 0 Å². The van der Waals surface area contributed by atoms with Crippen molar-refractivity contribution >= 4 is 11.8 Å². The Kier molecular flexibility index (Phi) is 29.8. The van der Waals surface area contributed by atoms with Crippen molar-refractivity contribution < 1.29 is 0 Å². The molecule has 0 aliphatic carbocycles. The molecular weight excluding hydrogens is 404 g/mol. The van der Waals surface area contributed by atoms with Crippen LogP contribution in [0.15, 0.2) is 0 Å². The summed E-state index contributed by atoms with van der Waals surface area (Å²) >= 11 is 2.28. The van der Waals surface area contributed by atoms with Crippen molar-refractivity contribution in [2.24, 2.45) is 17.8 Å². The number of hydrogen-bond acceptors (Lipinski definition) is 1. The molecule has 4 unspecified atom stereocenters. The van der Waals surface area contributed by atoms with Crippen molar-refractivity contribution in [1.82, 2.24) is 0 Å². The molecule has 0 N–H and O–H groups in total. The van der Waals surface area contributed by atoms with E-state index < -0.39 is 0 Å². The lowest BCUT2D eigenvalue weighted by Gasteiger charge is -2.22. The van der Waals surface area contributed by atoms with Crippen molar-refractivity contribution in [2.75, 3.05) is 5.75 Å². The molecule has 0 rings (SSSR count). The van der Waals surface area contributed by atoms with Gasteiger partial charge < -0.3 is 0 Å². The largest absolute Gasteiger partial charge is 0.159 e. The monoisotopic (exact) mass is 470 g/mol. The molecule has 0 spiro atoms. The highest BCUT2D eigenvalue weighted by atomic mass is 32.2. The quantitative estimate of drug-likeness (QED) is 0.134. The van der Waals surface area contributed by atoms with Gasteiger partial charge in [-0.25, -0.2) is 0 Å². The number of unbranched alkanes of at least 4 members (excludes halogenated alkanes) is 4. The lowest BCUT2D eigenvalue weighted by atomic mass is 9.85. The maximum absolute atomic E-state index is 2.54. The molecule has 0 bridgehead atoms. The van der Waals surface area contributed by atoms with E-state index in [9.17, 15) is 0 Å². The zero-order chi connectivity index (χ0) is 24.5. The van der Waals surface area contributed by atoms with E-state index in [2.05, 4.69) is 53.3 Å². The second-order valence-corrected chi connectivity index (χ2v) is 11.7. The Morgan fingerprint density at radius 2 is 1.00 bits per heavy atom. The van der Waals surface area contributed by atoms with Crippen LogP contribution in [0, 0.1) is 17.8 Å². The zero-order valence-electron chi connectivity index (χ0n) is 24.2. The summed E-state index contributed by atoms with van der Waals surface area (Å²) in [7, 11) is 0. The molecule has 0 aromatic carbocycles. The maximum Gasteiger partial charge on any atom is 0.00443 e. The Balaban J connectivity index is 0. The van der Waals surface area contributed by atoms with E-state index in [-0.39, 0.29) is 0 Å². The molecule has 0 saturated carbocycles. The molecule has 1 heteroatoms. The molecule has 4 atom stereocenters. The lowest BCUT2D eigenvalue weighted by Crippen LogP contribution is -2.09. The summed E-state index contributed by atoms with van der Waals surface area (Å²) in [4.78, 5) is 0. The molecule has 0 heterocycles. The molecule has 0 aromatic heterocycles. The average molecular weight is 471 g/mol. The van der Waals surface area contributed by atoms with E-state index in [0.29, 0.717) is 0 Å². The van der Waals surface area contributed by atoms with Gasteiger partial charge in [-0.3, -0.25) is 0 Å². The Morgan fingerprint density at radius 3 is 1.44 bits per heavy atom. The van der Waals surface area contributed by atoms with Crippen LogP contribution in [0.5, 0.6) is 0 Å². The summed E-state index contributed by atoms with van der Waals surface area (Å²) in [6.45, 7) is 18.3. The van der Waals surface area contributed by atoms with Gasteiger partial charge >= 0.3 is 0 Å². The zero-order valence-corrected chi connectivity index (χ0v) is 25.0. The van der Waals surface area contributed by atoms with E-state index in [1.807, 2.05) is 13.8 Å². The molecule has 0 aromatic rings. The Bertz CT molecular complexity index is 326. The maximum atomic E-state index is 2.54. The van der Waals surface area contributed by atoms with Crippen LogP contribution >= 0.6 is 11.8 Å². The predicted molar refractivity (Wildman–Crippen MR) is 155 cm³/mol. The van der Waals surface area contributed by atoms with E-state index in [1.54, 1.807) is 0 Å². The van der Waals surface area contributed by atoms with Gasteiger partial charge in [-0.2, -0.15) is 11.8 Å². The van der Waals surface area contributed by atoms with Crippen molar-refractivity contribution in [3.05, 3.63) is 0 Å². The van der Waals surface area contributed by atoms with Crippen molar-refractivity contribution in [1.29, 1.82) is 0 Å². The van der Waals surface area contributed by atoms with Gasteiger partial charge in [0.05, 0.1) is 0 Å². The van der Waals surface area contributed by atoms with Crippen LogP contribution < -0.4 is 0 Å². The van der Waals surface area contributed by atoms with Gasteiger partial charge in [0.15, 0.2) is 0 Å². The fourth-order valence-corrected chi connectivity index (χ4v) is 6.39. The number of hydrogen-bond donors (Lipinski definition) is 0. The minimum atomic E-state index is 0.911. The topological polar surface area (TPSA) is 0 Å². The molecule has 0 radical (unpaired) electrons. The highest BCUT2D eigenvalue weighted by Crippen LogP contribution is 2.29. The van der Waals surface area contributed by atoms with Gasteiger partial charge in [0.2, 0.25) is 0 Å². The summed E-state index contributed by atoms with van der Waals surface area (Å²) in [6, 6.07) is 0. The molecule has 0 nitrogen and oxygen atoms in total. The molecule has 0 aliphatic heterocycles. The van der Waals surface area contributed by atoms with Crippen LogP contribution in [0.1, 0.15) is 171 Å².